The molecule has 0 aromatic carbocycles. The Morgan fingerprint density at radius 2 is 1.85 bits per heavy atom. The SMILES string of the molecule is CCC1(C(=O)O)CCN(C2CCCCC2C(C)C)CC1. The summed E-state index contributed by atoms with van der Waals surface area (Å²) in [6.07, 6.45) is 7.84. The van der Waals surface area contributed by atoms with Crippen molar-refractivity contribution in [1.82, 2.24) is 4.90 Å². The van der Waals surface area contributed by atoms with Crippen LogP contribution in [0.2, 0.25) is 0 Å². The molecule has 1 saturated carbocycles. The number of nitrogens with zero attached hydrogens (tertiary/aromatic N) is 1. The van der Waals surface area contributed by atoms with E-state index in [-0.39, 0.29) is 0 Å². The number of hydrogen-bond donors (Lipinski definition) is 1. The normalized spacial score (nSPS) is 31.4. The van der Waals surface area contributed by atoms with E-state index >= 15 is 0 Å². The van der Waals surface area contributed by atoms with Crippen LogP contribution in [0, 0.1) is 17.3 Å². The van der Waals surface area contributed by atoms with Crippen LogP contribution < -0.4 is 0 Å². The van der Waals surface area contributed by atoms with E-state index in [1.807, 2.05) is 6.92 Å². The third kappa shape index (κ3) is 3.03. The van der Waals surface area contributed by atoms with Gasteiger partial charge in [0.25, 0.3) is 0 Å². The van der Waals surface area contributed by atoms with Crippen molar-refractivity contribution in [3.63, 3.8) is 0 Å². The number of carboxylic acid groups (broad SMARTS) is 1. The highest BCUT2D eigenvalue weighted by Gasteiger charge is 2.42. The summed E-state index contributed by atoms with van der Waals surface area (Å²) < 4.78 is 0. The Morgan fingerprint density at radius 1 is 1.25 bits per heavy atom. The fraction of sp³-hybridized carbons (Fsp3) is 0.941. The van der Waals surface area contributed by atoms with Gasteiger partial charge in [0, 0.05) is 6.04 Å². The summed E-state index contributed by atoms with van der Waals surface area (Å²) in [4.78, 5) is 14.2. The average molecular weight is 281 g/mol. The van der Waals surface area contributed by atoms with Crippen LogP contribution in [0.15, 0.2) is 0 Å². The quantitative estimate of drug-likeness (QED) is 0.852. The topological polar surface area (TPSA) is 40.5 Å². The lowest BCUT2D eigenvalue weighted by molar-refractivity contribution is -0.153. The zero-order valence-corrected chi connectivity index (χ0v) is 13.4. The van der Waals surface area contributed by atoms with Gasteiger partial charge in [-0.1, -0.05) is 33.6 Å². The van der Waals surface area contributed by atoms with Gasteiger partial charge in [0.2, 0.25) is 0 Å². The maximum atomic E-state index is 11.5. The predicted molar refractivity (Wildman–Crippen MR) is 81.8 cm³/mol. The maximum Gasteiger partial charge on any atom is 0.309 e. The first-order valence-electron chi connectivity index (χ1n) is 8.47. The van der Waals surface area contributed by atoms with Crippen LogP contribution in [-0.2, 0) is 4.79 Å². The van der Waals surface area contributed by atoms with Gasteiger partial charge in [-0.3, -0.25) is 4.79 Å². The molecule has 2 unspecified atom stereocenters. The summed E-state index contributed by atoms with van der Waals surface area (Å²) in [6, 6.07) is 0.701. The van der Waals surface area contributed by atoms with Crippen molar-refractivity contribution in [2.24, 2.45) is 17.3 Å². The molecule has 0 aromatic rings. The molecule has 2 fully saturated rings. The number of carbonyl (C=O) groups is 1. The molecule has 3 heteroatoms. The molecule has 2 aliphatic rings. The number of rotatable bonds is 4. The highest BCUT2D eigenvalue weighted by atomic mass is 16.4. The van der Waals surface area contributed by atoms with Crippen molar-refractivity contribution in [3.8, 4) is 0 Å². The van der Waals surface area contributed by atoms with E-state index in [1.165, 1.54) is 25.7 Å². The molecule has 2 rings (SSSR count). The van der Waals surface area contributed by atoms with Gasteiger partial charge in [-0.25, -0.2) is 0 Å². The number of likely N-dealkylation sites (tertiary alicyclic amines) is 1. The average Bonchev–Trinajstić information content (AvgIpc) is 2.47. The molecule has 1 heterocycles. The summed E-state index contributed by atoms with van der Waals surface area (Å²) in [5.74, 6) is 0.976. The zero-order chi connectivity index (χ0) is 14.8. The molecule has 20 heavy (non-hydrogen) atoms. The molecule has 0 amide bonds. The lowest BCUT2D eigenvalue weighted by Crippen LogP contribution is -2.51. The standard InChI is InChI=1S/C17H31NO2/c1-4-17(16(19)20)9-11-18(12-10-17)15-8-6-5-7-14(15)13(2)3/h13-15H,4-12H2,1-3H3,(H,19,20). The van der Waals surface area contributed by atoms with Crippen molar-refractivity contribution in [2.45, 2.75) is 71.8 Å². The lowest BCUT2D eigenvalue weighted by atomic mass is 9.73. The van der Waals surface area contributed by atoms with E-state index in [4.69, 9.17) is 0 Å². The highest BCUT2D eigenvalue weighted by Crippen LogP contribution is 2.40. The second-order valence-corrected chi connectivity index (χ2v) is 7.23. The molecule has 1 aliphatic heterocycles. The van der Waals surface area contributed by atoms with Gasteiger partial charge in [-0.05, 0) is 57.0 Å². The smallest absolute Gasteiger partial charge is 0.309 e. The van der Waals surface area contributed by atoms with E-state index in [9.17, 15) is 9.90 Å². The van der Waals surface area contributed by atoms with Crippen LogP contribution >= 0.6 is 0 Å². The van der Waals surface area contributed by atoms with E-state index in [1.54, 1.807) is 0 Å². The Balaban J connectivity index is 2.00. The van der Waals surface area contributed by atoms with E-state index in [0.717, 1.165) is 44.2 Å². The fourth-order valence-electron chi connectivity index (χ4n) is 4.37. The Morgan fingerprint density at radius 3 is 2.35 bits per heavy atom. The number of piperidine rings is 1. The molecule has 3 nitrogen and oxygen atoms in total. The van der Waals surface area contributed by atoms with Gasteiger partial charge in [0.1, 0.15) is 0 Å². The van der Waals surface area contributed by atoms with Crippen molar-refractivity contribution in [3.05, 3.63) is 0 Å². The van der Waals surface area contributed by atoms with Crippen LogP contribution in [0.1, 0.15) is 65.7 Å². The van der Waals surface area contributed by atoms with Gasteiger partial charge in [-0.15, -0.1) is 0 Å². The van der Waals surface area contributed by atoms with Crippen LogP contribution in [0.4, 0.5) is 0 Å². The molecule has 1 N–H and O–H groups in total. The Hall–Kier alpha value is -0.570. The van der Waals surface area contributed by atoms with Gasteiger partial charge >= 0.3 is 5.97 Å². The van der Waals surface area contributed by atoms with Crippen LogP contribution in [0.25, 0.3) is 0 Å². The van der Waals surface area contributed by atoms with Crippen LogP contribution in [0.5, 0.6) is 0 Å². The second-order valence-electron chi connectivity index (χ2n) is 7.23. The van der Waals surface area contributed by atoms with Crippen molar-refractivity contribution < 1.29 is 9.90 Å². The molecule has 0 spiro atoms. The zero-order valence-electron chi connectivity index (χ0n) is 13.4. The summed E-state index contributed by atoms with van der Waals surface area (Å²) >= 11 is 0. The second kappa shape index (κ2) is 6.46. The molecule has 0 radical (unpaired) electrons. The first kappa shape index (κ1) is 15.8. The largest absolute Gasteiger partial charge is 0.481 e. The molecule has 2 atom stereocenters. The molecule has 1 aliphatic carbocycles. The van der Waals surface area contributed by atoms with Crippen molar-refractivity contribution in [2.75, 3.05) is 13.1 Å². The van der Waals surface area contributed by atoms with Crippen molar-refractivity contribution >= 4 is 5.97 Å². The summed E-state index contributed by atoms with van der Waals surface area (Å²) in [7, 11) is 0. The summed E-state index contributed by atoms with van der Waals surface area (Å²) in [5.41, 5.74) is -0.446. The lowest BCUT2D eigenvalue weighted by Gasteiger charge is -2.47. The van der Waals surface area contributed by atoms with Crippen LogP contribution in [0.3, 0.4) is 0 Å². The molecular formula is C17H31NO2. The fourth-order valence-corrected chi connectivity index (χ4v) is 4.37. The molecule has 116 valence electrons. The molecular weight excluding hydrogens is 250 g/mol. The number of hydrogen-bond acceptors (Lipinski definition) is 2. The molecule has 0 bridgehead atoms. The monoisotopic (exact) mass is 281 g/mol. The van der Waals surface area contributed by atoms with E-state index in [0.29, 0.717) is 6.04 Å². The first-order valence-corrected chi connectivity index (χ1v) is 8.47. The Bertz CT molecular complexity index is 332. The van der Waals surface area contributed by atoms with Crippen molar-refractivity contribution in [1.29, 1.82) is 0 Å². The minimum Gasteiger partial charge on any atom is -0.481 e. The van der Waals surface area contributed by atoms with E-state index in [2.05, 4.69) is 18.7 Å². The van der Waals surface area contributed by atoms with Gasteiger partial charge < -0.3 is 10.0 Å². The summed E-state index contributed by atoms with van der Waals surface area (Å²) in [6.45, 7) is 8.68. The highest BCUT2D eigenvalue weighted by molar-refractivity contribution is 5.74. The van der Waals surface area contributed by atoms with Gasteiger partial charge in [0.05, 0.1) is 5.41 Å². The van der Waals surface area contributed by atoms with Gasteiger partial charge in [0.15, 0.2) is 0 Å². The molecule has 1 saturated heterocycles. The third-order valence-electron chi connectivity index (χ3n) is 5.99. The van der Waals surface area contributed by atoms with Crippen LogP contribution in [-0.4, -0.2) is 35.1 Å². The Kier molecular flexibility index (Phi) is 5.11. The number of aliphatic carboxylic acids is 1. The molecule has 0 aromatic heterocycles. The maximum absolute atomic E-state index is 11.5. The van der Waals surface area contributed by atoms with E-state index < -0.39 is 11.4 Å². The minimum atomic E-state index is -0.580. The minimum absolute atomic E-state index is 0.446. The summed E-state index contributed by atoms with van der Waals surface area (Å²) in [5, 5.41) is 9.51. The third-order valence-corrected chi connectivity index (χ3v) is 5.99. The Labute approximate surface area is 123 Å². The number of carboxylic acids is 1. The van der Waals surface area contributed by atoms with Gasteiger partial charge in [-0.2, -0.15) is 0 Å². The first-order chi connectivity index (χ1) is 9.50. The predicted octanol–water partition coefficient (Wildman–Crippen LogP) is 3.78.